The molecule has 0 aliphatic carbocycles. The number of hydrazone groups is 1. The van der Waals surface area contributed by atoms with Crippen molar-refractivity contribution in [3.8, 4) is 28.3 Å². The molecule has 6 aromatic rings. The number of carbonyl (C=O) groups excluding carboxylic acids is 1. The first-order valence-corrected chi connectivity index (χ1v) is 15.4. The molecule has 2 heterocycles. The second-order valence-corrected chi connectivity index (χ2v) is 11.7. The van der Waals surface area contributed by atoms with Crippen LogP contribution in [0.15, 0.2) is 149 Å². The van der Waals surface area contributed by atoms with E-state index in [2.05, 4.69) is 5.16 Å². The lowest BCUT2D eigenvalue weighted by molar-refractivity contribution is 0.0869. The molecular weight excluding hydrogens is 594 g/mol. The lowest BCUT2D eigenvalue weighted by Gasteiger charge is -2.35. The van der Waals surface area contributed by atoms with Crippen LogP contribution in [0.1, 0.15) is 34.5 Å². The SMILES string of the molecule is COc1ccc(C2=NN(c3ccccc3)C(c3ccccc3)C2(C)C(=O)c2c(-c3ccc(Cl)cc3)noc2-c2ccccc2)cc1. The minimum absolute atomic E-state index is 0.167. The van der Waals surface area contributed by atoms with Crippen molar-refractivity contribution in [2.75, 3.05) is 12.1 Å². The van der Waals surface area contributed by atoms with Gasteiger partial charge < -0.3 is 9.26 Å². The number of benzene rings is 5. The summed E-state index contributed by atoms with van der Waals surface area (Å²) in [5.74, 6) is 0.945. The van der Waals surface area contributed by atoms with E-state index in [-0.39, 0.29) is 5.78 Å². The third-order valence-electron chi connectivity index (χ3n) is 8.54. The summed E-state index contributed by atoms with van der Waals surface area (Å²) in [6, 6.07) is 44.0. The number of methoxy groups -OCH3 is 1. The number of carbonyl (C=O) groups is 1. The van der Waals surface area contributed by atoms with Crippen LogP contribution in [0.25, 0.3) is 22.6 Å². The van der Waals surface area contributed by atoms with Crippen molar-refractivity contribution in [2.45, 2.75) is 13.0 Å². The Labute approximate surface area is 272 Å². The Balaban J connectivity index is 1.50. The number of halogens is 1. The molecule has 1 aromatic heterocycles. The van der Waals surface area contributed by atoms with Crippen molar-refractivity contribution in [2.24, 2.45) is 10.5 Å². The van der Waals surface area contributed by atoms with Crippen molar-refractivity contribution < 1.29 is 14.1 Å². The molecular formula is C39H30ClN3O3. The van der Waals surface area contributed by atoms with Crippen LogP contribution in [0.4, 0.5) is 5.69 Å². The molecule has 2 unspecified atom stereocenters. The van der Waals surface area contributed by atoms with Gasteiger partial charge >= 0.3 is 0 Å². The van der Waals surface area contributed by atoms with Crippen LogP contribution < -0.4 is 9.75 Å². The summed E-state index contributed by atoms with van der Waals surface area (Å²) >= 11 is 6.26. The third kappa shape index (κ3) is 5.07. The molecule has 1 aliphatic heterocycles. The Morgan fingerprint density at radius 3 is 1.98 bits per heavy atom. The molecule has 0 amide bonds. The second-order valence-electron chi connectivity index (χ2n) is 11.3. The van der Waals surface area contributed by atoms with Crippen molar-refractivity contribution >= 4 is 28.8 Å². The number of aromatic nitrogens is 1. The molecule has 226 valence electrons. The Hall–Kier alpha value is -5.46. The van der Waals surface area contributed by atoms with E-state index in [1.54, 1.807) is 19.2 Å². The van der Waals surface area contributed by atoms with Crippen LogP contribution >= 0.6 is 11.6 Å². The average Bonchev–Trinajstić information content (AvgIpc) is 3.70. The normalized spacial score (nSPS) is 17.5. The maximum Gasteiger partial charge on any atom is 0.183 e. The fraction of sp³-hybridized carbons (Fsp3) is 0.103. The fourth-order valence-electron chi connectivity index (χ4n) is 6.23. The summed E-state index contributed by atoms with van der Waals surface area (Å²) in [5.41, 5.74) is 4.34. The number of Topliss-reactive ketones (excluding diaryl/α,β-unsaturated/α-hetero) is 1. The number of nitrogens with zero attached hydrogens (tertiary/aromatic N) is 3. The smallest absolute Gasteiger partial charge is 0.183 e. The molecule has 0 radical (unpaired) electrons. The van der Waals surface area contributed by atoms with E-state index < -0.39 is 11.5 Å². The largest absolute Gasteiger partial charge is 0.497 e. The van der Waals surface area contributed by atoms with Crippen LogP contribution in [0.3, 0.4) is 0 Å². The fourth-order valence-corrected chi connectivity index (χ4v) is 6.36. The molecule has 0 saturated heterocycles. The molecule has 0 fully saturated rings. The number of hydrogen-bond donors (Lipinski definition) is 0. The number of hydrogen-bond acceptors (Lipinski definition) is 6. The van der Waals surface area contributed by atoms with Gasteiger partial charge in [-0.2, -0.15) is 5.10 Å². The average molecular weight is 624 g/mol. The van der Waals surface area contributed by atoms with E-state index in [4.69, 9.17) is 26.0 Å². The van der Waals surface area contributed by atoms with Gasteiger partial charge in [0.15, 0.2) is 11.5 Å². The number of ketones is 1. The van der Waals surface area contributed by atoms with Gasteiger partial charge in [-0.05, 0) is 66.6 Å². The van der Waals surface area contributed by atoms with Gasteiger partial charge in [-0.25, -0.2) is 0 Å². The van der Waals surface area contributed by atoms with E-state index in [0.29, 0.717) is 33.5 Å². The summed E-state index contributed by atoms with van der Waals surface area (Å²) in [7, 11) is 1.63. The van der Waals surface area contributed by atoms with Crippen LogP contribution in [0, 0.1) is 5.41 Å². The van der Waals surface area contributed by atoms with Crippen molar-refractivity contribution in [3.63, 3.8) is 0 Å². The van der Waals surface area contributed by atoms with Gasteiger partial charge in [-0.3, -0.25) is 9.80 Å². The van der Waals surface area contributed by atoms with E-state index in [1.165, 1.54) is 0 Å². The highest BCUT2D eigenvalue weighted by atomic mass is 35.5. The predicted molar refractivity (Wildman–Crippen MR) is 182 cm³/mol. The minimum atomic E-state index is -1.21. The van der Waals surface area contributed by atoms with Gasteiger partial charge in [0.05, 0.1) is 30.1 Å². The summed E-state index contributed by atoms with van der Waals surface area (Å²) < 4.78 is 11.5. The van der Waals surface area contributed by atoms with Crippen LogP contribution in [-0.2, 0) is 0 Å². The zero-order valence-electron chi connectivity index (χ0n) is 25.3. The van der Waals surface area contributed by atoms with Crippen LogP contribution in [-0.4, -0.2) is 23.8 Å². The molecule has 2 atom stereocenters. The highest BCUT2D eigenvalue weighted by molar-refractivity contribution is 6.30. The van der Waals surface area contributed by atoms with E-state index in [1.807, 2.05) is 139 Å². The zero-order valence-corrected chi connectivity index (χ0v) is 26.1. The van der Waals surface area contributed by atoms with Crippen molar-refractivity contribution in [3.05, 3.63) is 161 Å². The molecule has 46 heavy (non-hydrogen) atoms. The zero-order chi connectivity index (χ0) is 31.7. The molecule has 0 saturated carbocycles. The summed E-state index contributed by atoms with van der Waals surface area (Å²) in [5, 5.41) is 12.3. The van der Waals surface area contributed by atoms with E-state index >= 15 is 4.79 Å². The molecule has 0 N–H and O–H groups in total. The number of ether oxygens (including phenoxy) is 1. The second kappa shape index (κ2) is 12.1. The highest BCUT2D eigenvalue weighted by Gasteiger charge is 2.56. The van der Waals surface area contributed by atoms with Crippen LogP contribution in [0.2, 0.25) is 5.02 Å². The maximum absolute atomic E-state index is 15.7. The van der Waals surface area contributed by atoms with Gasteiger partial charge in [-0.1, -0.05) is 108 Å². The lowest BCUT2D eigenvalue weighted by Crippen LogP contribution is -2.42. The quantitative estimate of drug-likeness (QED) is 0.158. The molecule has 0 spiro atoms. The van der Waals surface area contributed by atoms with Gasteiger partial charge in [0.2, 0.25) is 0 Å². The first-order valence-electron chi connectivity index (χ1n) is 15.0. The first kappa shape index (κ1) is 29.3. The summed E-state index contributed by atoms with van der Waals surface area (Å²) in [6.07, 6.45) is 0. The van der Waals surface area contributed by atoms with Crippen LogP contribution in [0.5, 0.6) is 5.75 Å². The predicted octanol–water partition coefficient (Wildman–Crippen LogP) is 9.53. The topological polar surface area (TPSA) is 67.9 Å². The Morgan fingerprint density at radius 1 is 0.761 bits per heavy atom. The minimum Gasteiger partial charge on any atom is -0.497 e. The molecule has 7 heteroatoms. The summed E-state index contributed by atoms with van der Waals surface area (Å²) in [4.78, 5) is 15.7. The van der Waals surface area contributed by atoms with E-state index in [9.17, 15) is 0 Å². The Bertz CT molecular complexity index is 2010. The maximum atomic E-state index is 15.7. The monoisotopic (exact) mass is 623 g/mol. The van der Waals surface area contributed by atoms with Gasteiger partial charge in [0.25, 0.3) is 0 Å². The van der Waals surface area contributed by atoms with E-state index in [0.717, 1.165) is 27.9 Å². The molecule has 0 bridgehead atoms. The lowest BCUT2D eigenvalue weighted by atomic mass is 9.68. The molecule has 5 aromatic carbocycles. The Morgan fingerprint density at radius 2 is 1.35 bits per heavy atom. The third-order valence-corrected chi connectivity index (χ3v) is 8.79. The first-order chi connectivity index (χ1) is 22.5. The van der Waals surface area contributed by atoms with Crippen molar-refractivity contribution in [1.29, 1.82) is 0 Å². The van der Waals surface area contributed by atoms with Crippen molar-refractivity contribution in [1.82, 2.24) is 5.16 Å². The number of para-hydroxylation sites is 1. The number of anilines is 1. The van der Waals surface area contributed by atoms with Gasteiger partial charge in [-0.15, -0.1) is 0 Å². The molecule has 7 rings (SSSR count). The van der Waals surface area contributed by atoms with Gasteiger partial charge in [0, 0.05) is 16.1 Å². The highest BCUT2D eigenvalue weighted by Crippen LogP contribution is 2.52. The van der Waals surface area contributed by atoms with Gasteiger partial charge in [0.1, 0.15) is 16.9 Å². The molecule has 6 nitrogen and oxygen atoms in total. The summed E-state index contributed by atoms with van der Waals surface area (Å²) in [6.45, 7) is 1.98. The Kier molecular flexibility index (Phi) is 7.73. The molecule has 1 aliphatic rings. The standard InChI is InChI=1S/C39H30ClN3O3/c1-39(38(44)33-34(26-18-22-30(40)23-19-26)42-46-35(33)27-12-6-3-7-13-27)36(28-20-24-32(45-2)25-21-28)41-43(31-16-10-5-11-17-31)37(39)29-14-8-4-9-15-29/h3-25,37H,1-2H3. The number of rotatable bonds is 8.